The number of thiazole rings is 1. The van der Waals surface area contributed by atoms with Gasteiger partial charge < -0.3 is 10.6 Å². The van der Waals surface area contributed by atoms with Crippen LogP contribution in [0, 0.1) is 0 Å². The van der Waals surface area contributed by atoms with Crippen LogP contribution in [-0.4, -0.2) is 17.4 Å². The minimum Gasteiger partial charge on any atom is -0.375 e. The Morgan fingerprint density at radius 2 is 2.35 bits per heavy atom. The normalized spacial score (nSPS) is 19.8. The van der Waals surface area contributed by atoms with Crippen molar-refractivity contribution in [2.24, 2.45) is 0 Å². The summed E-state index contributed by atoms with van der Waals surface area (Å²) in [6.45, 7) is 2.89. The first-order chi connectivity index (χ1) is 9.69. The van der Waals surface area contributed by atoms with Crippen LogP contribution in [0.25, 0.3) is 11.3 Å². The summed E-state index contributed by atoms with van der Waals surface area (Å²) in [4.78, 5) is 18.7. The fourth-order valence-corrected chi connectivity index (χ4v) is 3.92. The molecule has 0 fully saturated rings. The van der Waals surface area contributed by atoms with Crippen LogP contribution in [0.5, 0.6) is 0 Å². The molecule has 0 saturated heterocycles. The first-order valence-corrected chi connectivity index (χ1v) is 7.76. The van der Waals surface area contributed by atoms with E-state index in [1.807, 2.05) is 10.3 Å². The fraction of sp³-hybridized carbons (Fsp3) is 0.333. The largest absolute Gasteiger partial charge is 0.375 e. The van der Waals surface area contributed by atoms with Crippen LogP contribution in [0.1, 0.15) is 30.4 Å². The monoisotopic (exact) mass is 285 g/mol. The molecule has 0 radical (unpaired) electrons. The SMILES string of the molecule is CCC1C(=O)N2CCc3cc(-c4csc(N)n4)cc1c32. The van der Waals surface area contributed by atoms with E-state index < -0.39 is 0 Å². The first kappa shape index (κ1) is 11.9. The summed E-state index contributed by atoms with van der Waals surface area (Å²) in [5.74, 6) is 0.274. The zero-order valence-electron chi connectivity index (χ0n) is 11.2. The Hall–Kier alpha value is -1.88. The standard InChI is InChI=1S/C15H15N3OS/c1-2-10-11-6-9(12-7-20-15(16)17-12)5-8-3-4-18(13(8)11)14(10)19/h5-7,10H,2-4H2,1H3,(H2,16,17). The molecule has 5 heteroatoms. The second kappa shape index (κ2) is 4.06. The van der Waals surface area contributed by atoms with Crippen molar-refractivity contribution in [2.75, 3.05) is 17.2 Å². The predicted octanol–water partition coefficient (Wildman–Crippen LogP) is 2.79. The van der Waals surface area contributed by atoms with Gasteiger partial charge in [-0.05, 0) is 36.1 Å². The van der Waals surface area contributed by atoms with Crippen molar-refractivity contribution in [1.29, 1.82) is 0 Å². The molecule has 2 aliphatic rings. The maximum Gasteiger partial charge on any atom is 0.234 e. The highest BCUT2D eigenvalue weighted by Gasteiger charge is 2.40. The summed E-state index contributed by atoms with van der Waals surface area (Å²) in [7, 11) is 0. The van der Waals surface area contributed by atoms with Crippen molar-refractivity contribution in [2.45, 2.75) is 25.7 Å². The Balaban J connectivity index is 1.91. The van der Waals surface area contributed by atoms with Crippen LogP contribution in [0.2, 0.25) is 0 Å². The lowest BCUT2D eigenvalue weighted by Crippen LogP contribution is -2.27. The Kier molecular flexibility index (Phi) is 2.41. The quantitative estimate of drug-likeness (QED) is 0.923. The Labute approximate surface area is 121 Å². The van der Waals surface area contributed by atoms with Crippen molar-refractivity contribution >= 4 is 28.1 Å². The minimum absolute atomic E-state index is 0.0139. The number of nitrogen functional groups attached to an aromatic ring is 1. The number of carbonyl (C=O) groups excluding carboxylic acids is 1. The molecule has 102 valence electrons. The lowest BCUT2D eigenvalue weighted by molar-refractivity contribution is -0.119. The van der Waals surface area contributed by atoms with Crippen LogP contribution in [0.15, 0.2) is 17.5 Å². The number of anilines is 2. The maximum absolute atomic E-state index is 12.4. The predicted molar refractivity (Wildman–Crippen MR) is 81.1 cm³/mol. The zero-order valence-corrected chi connectivity index (χ0v) is 12.0. The minimum atomic E-state index is 0.0139. The van der Waals surface area contributed by atoms with E-state index in [4.69, 9.17) is 5.73 Å². The molecule has 0 bridgehead atoms. The fourth-order valence-electron chi connectivity index (χ4n) is 3.35. The topological polar surface area (TPSA) is 59.2 Å². The summed E-state index contributed by atoms with van der Waals surface area (Å²) >= 11 is 1.45. The lowest BCUT2D eigenvalue weighted by Gasteiger charge is -2.10. The first-order valence-electron chi connectivity index (χ1n) is 6.88. The summed E-state index contributed by atoms with van der Waals surface area (Å²) in [6, 6.07) is 4.30. The van der Waals surface area contributed by atoms with Gasteiger partial charge in [0.15, 0.2) is 5.13 Å². The van der Waals surface area contributed by atoms with E-state index in [1.54, 1.807) is 0 Å². The lowest BCUT2D eigenvalue weighted by atomic mass is 9.93. The van der Waals surface area contributed by atoms with E-state index in [2.05, 4.69) is 24.0 Å². The average Bonchev–Trinajstić information content (AvgIpc) is 3.10. The summed E-state index contributed by atoms with van der Waals surface area (Å²) in [5.41, 5.74) is 11.3. The molecular formula is C15H15N3OS. The van der Waals surface area contributed by atoms with Gasteiger partial charge in [0.05, 0.1) is 17.3 Å². The highest BCUT2D eigenvalue weighted by atomic mass is 32.1. The molecule has 1 amide bonds. The molecule has 4 nitrogen and oxygen atoms in total. The molecule has 2 aromatic rings. The number of hydrogen-bond acceptors (Lipinski definition) is 4. The van der Waals surface area contributed by atoms with Crippen molar-refractivity contribution in [1.82, 2.24) is 4.98 Å². The summed E-state index contributed by atoms with van der Waals surface area (Å²) in [6.07, 6.45) is 1.79. The molecule has 0 aliphatic carbocycles. The number of amides is 1. The second-order valence-electron chi connectivity index (χ2n) is 5.34. The third-order valence-corrected chi connectivity index (χ3v) is 4.93. The third-order valence-electron chi connectivity index (χ3n) is 4.26. The third kappa shape index (κ3) is 1.47. The van der Waals surface area contributed by atoms with Gasteiger partial charge in [-0.25, -0.2) is 4.98 Å². The van der Waals surface area contributed by atoms with Crippen molar-refractivity contribution < 1.29 is 4.79 Å². The van der Waals surface area contributed by atoms with Gasteiger partial charge in [-0.15, -0.1) is 11.3 Å². The Bertz CT molecular complexity index is 722. The van der Waals surface area contributed by atoms with Crippen LogP contribution >= 0.6 is 11.3 Å². The molecule has 1 aromatic carbocycles. The number of carbonyl (C=O) groups is 1. The van der Waals surface area contributed by atoms with Gasteiger partial charge in [-0.3, -0.25) is 4.79 Å². The van der Waals surface area contributed by atoms with E-state index >= 15 is 0 Å². The van der Waals surface area contributed by atoms with Gasteiger partial charge in [0, 0.05) is 17.5 Å². The molecule has 2 N–H and O–H groups in total. The van der Waals surface area contributed by atoms with Gasteiger partial charge in [0.2, 0.25) is 5.91 Å². The molecular weight excluding hydrogens is 270 g/mol. The van der Waals surface area contributed by atoms with Crippen molar-refractivity contribution in [3.63, 3.8) is 0 Å². The van der Waals surface area contributed by atoms with Gasteiger partial charge >= 0.3 is 0 Å². The van der Waals surface area contributed by atoms with Gasteiger partial charge in [-0.1, -0.05) is 6.92 Å². The Morgan fingerprint density at radius 3 is 3.05 bits per heavy atom. The van der Waals surface area contributed by atoms with E-state index in [-0.39, 0.29) is 11.8 Å². The molecule has 1 aromatic heterocycles. The van der Waals surface area contributed by atoms with E-state index in [1.165, 1.54) is 22.5 Å². The molecule has 0 spiro atoms. The number of rotatable bonds is 2. The second-order valence-corrected chi connectivity index (χ2v) is 6.23. The van der Waals surface area contributed by atoms with E-state index in [0.29, 0.717) is 5.13 Å². The molecule has 1 unspecified atom stereocenters. The van der Waals surface area contributed by atoms with Crippen LogP contribution in [-0.2, 0) is 11.2 Å². The highest BCUT2D eigenvalue weighted by Crippen LogP contribution is 2.46. The smallest absolute Gasteiger partial charge is 0.234 e. The Morgan fingerprint density at radius 1 is 1.50 bits per heavy atom. The molecule has 3 heterocycles. The van der Waals surface area contributed by atoms with Crippen LogP contribution in [0.3, 0.4) is 0 Å². The van der Waals surface area contributed by atoms with Crippen molar-refractivity contribution in [3.05, 3.63) is 28.6 Å². The zero-order chi connectivity index (χ0) is 13.9. The van der Waals surface area contributed by atoms with Gasteiger partial charge in [0.1, 0.15) is 0 Å². The molecule has 4 rings (SSSR count). The molecule has 0 saturated carbocycles. The molecule has 1 atom stereocenters. The van der Waals surface area contributed by atoms with Gasteiger partial charge in [-0.2, -0.15) is 0 Å². The average molecular weight is 285 g/mol. The van der Waals surface area contributed by atoms with E-state index in [9.17, 15) is 4.79 Å². The van der Waals surface area contributed by atoms with Crippen molar-refractivity contribution in [3.8, 4) is 11.3 Å². The number of hydrogen-bond donors (Lipinski definition) is 1. The number of nitrogens with zero attached hydrogens (tertiary/aromatic N) is 2. The number of nitrogens with two attached hydrogens (primary N) is 1. The summed E-state index contributed by atoms with van der Waals surface area (Å²) in [5, 5.41) is 2.57. The van der Waals surface area contributed by atoms with Gasteiger partial charge in [0.25, 0.3) is 0 Å². The maximum atomic E-state index is 12.4. The molecule has 2 aliphatic heterocycles. The molecule has 20 heavy (non-hydrogen) atoms. The number of benzene rings is 1. The highest BCUT2D eigenvalue weighted by molar-refractivity contribution is 7.13. The van der Waals surface area contributed by atoms with Crippen LogP contribution in [0.4, 0.5) is 10.8 Å². The van der Waals surface area contributed by atoms with Crippen LogP contribution < -0.4 is 10.6 Å². The van der Waals surface area contributed by atoms with E-state index in [0.717, 1.165) is 36.3 Å². The number of aromatic nitrogens is 1. The summed E-state index contributed by atoms with van der Waals surface area (Å²) < 4.78 is 0.